The van der Waals surface area contributed by atoms with Crippen LogP contribution in [0.5, 0.6) is 0 Å². The van der Waals surface area contributed by atoms with Gasteiger partial charge in [0.2, 0.25) is 0 Å². The summed E-state index contributed by atoms with van der Waals surface area (Å²) < 4.78 is 0. The van der Waals surface area contributed by atoms with E-state index in [1.807, 2.05) is 12.3 Å². The lowest BCUT2D eigenvalue weighted by Gasteiger charge is -2.34. The normalized spacial score (nSPS) is 32.0. The molecule has 3 heterocycles. The molecule has 2 nitrogen and oxygen atoms in total. The number of hydrogen-bond donors (Lipinski definition) is 0. The summed E-state index contributed by atoms with van der Waals surface area (Å²) in [5, 5.41) is 0. The van der Waals surface area contributed by atoms with Crippen LogP contribution in [0.3, 0.4) is 0 Å². The first kappa shape index (κ1) is 18.8. The van der Waals surface area contributed by atoms with Gasteiger partial charge in [-0.25, -0.2) is 0 Å². The maximum absolute atomic E-state index is 4.62. The van der Waals surface area contributed by atoms with Gasteiger partial charge in [0.05, 0.1) is 5.69 Å². The predicted octanol–water partition coefficient (Wildman–Crippen LogP) is 5.90. The van der Waals surface area contributed by atoms with E-state index in [1.54, 1.807) is 0 Å². The summed E-state index contributed by atoms with van der Waals surface area (Å²) in [6, 6.07) is 6.37. The monoisotopic (exact) mass is 364 g/mol. The van der Waals surface area contributed by atoms with E-state index < -0.39 is 0 Å². The zero-order valence-electron chi connectivity index (χ0n) is 15.9. The topological polar surface area (TPSA) is 16.1 Å². The van der Waals surface area contributed by atoms with Crippen molar-refractivity contribution in [2.45, 2.75) is 82.6 Å². The van der Waals surface area contributed by atoms with Gasteiger partial charge in [0.15, 0.2) is 0 Å². The fourth-order valence-corrected chi connectivity index (χ4v) is 10.6. The Bertz CT molecular complexity index is 464. The number of aromatic nitrogens is 1. The number of nitrogens with zero attached hydrogens (tertiary/aromatic N) is 2. The summed E-state index contributed by atoms with van der Waals surface area (Å²) in [6.07, 6.45) is 10.4. The summed E-state index contributed by atoms with van der Waals surface area (Å²) >= 11 is 0. The summed E-state index contributed by atoms with van der Waals surface area (Å²) in [5.41, 5.74) is 5.06. The van der Waals surface area contributed by atoms with E-state index in [2.05, 4.69) is 49.7 Å². The highest BCUT2D eigenvalue weighted by Crippen LogP contribution is 2.59. The Hall–Kier alpha value is -0.0300. The van der Waals surface area contributed by atoms with Crippen LogP contribution in [-0.4, -0.2) is 45.1 Å². The van der Waals surface area contributed by atoms with Crippen LogP contribution in [0.25, 0.3) is 0 Å². The second-order valence-electron chi connectivity index (χ2n) is 8.01. The first-order chi connectivity index (χ1) is 11.5. The fraction of sp³-hybridized carbons (Fsp3) is 0.750. The summed E-state index contributed by atoms with van der Waals surface area (Å²) in [4.78, 5) is 7.42. The largest absolute Gasteiger partial charge is 0.289 e. The summed E-state index contributed by atoms with van der Waals surface area (Å²) in [7, 11) is 0.313. The zero-order valence-corrected chi connectivity index (χ0v) is 17.6. The average molecular weight is 364 g/mol. The highest BCUT2D eigenvalue weighted by Gasteiger charge is 2.34. The van der Waals surface area contributed by atoms with Crippen molar-refractivity contribution >= 4 is 15.8 Å². The minimum Gasteiger partial charge on any atom is -0.289 e. The second kappa shape index (κ2) is 8.57. The lowest BCUT2D eigenvalue weighted by Crippen LogP contribution is -2.28. The summed E-state index contributed by atoms with van der Waals surface area (Å²) in [6.45, 7) is 11.1. The Morgan fingerprint density at radius 2 is 1.38 bits per heavy atom. The third-order valence-corrected chi connectivity index (χ3v) is 13.1. The van der Waals surface area contributed by atoms with Gasteiger partial charge in [-0.15, -0.1) is 0 Å². The fourth-order valence-electron chi connectivity index (χ4n) is 4.38. The van der Waals surface area contributed by atoms with Crippen molar-refractivity contribution in [2.75, 3.05) is 12.6 Å². The standard InChI is InChI=1S/C20H34N2P2/c1-16-8-9-17(2)23(16)14-22(13-20-7-5-6-12-21-20)15-24-18(3)10-11-19(24)4/h5-7,12,16-19H,8-11,13-15H2,1-4H3/t16-,17-,18-,19-/m1/s1. The van der Waals surface area contributed by atoms with Crippen LogP contribution in [0.2, 0.25) is 0 Å². The van der Waals surface area contributed by atoms with Crippen LogP contribution in [0, 0.1) is 0 Å². The minimum atomic E-state index is 0.157. The molecule has 0 unspecified atom stereocenters. The van der Waals surface area contributed by atoms with Crippen LogP contribution in [0.1, 0.15) is 59.1 Å². The van der Waals surface area contributed by atoms with Crippen LogP contribution in [0.4, 0.5) is 0 Å². The Kier molecular flexibility index (Phi) is 6.70. The molecule has 4 atom stereocenters. The molecular formula is C20H34N2P2. The maximum Gasteiger partial charge on any atom is 0.0544 e. The van der Waals surface area contributed by atoms with Crippen molar-refractivity contribution in [1.29, 1.82) is 0 Å². The van der Waals surface area contributed by atoms with Crippen molar-refractivity contribution < 1.29 is 0 Å². The molecule has 0 aromatic carbocycles. The lowest BCUT2D eigenvalue weighted by atomic mass is 10.2. The number of hydrogen-bond acceptors (Lipinski definition) is 2. The molecule has 0 radical (unpaired) electrons. The lowest BCUT2D eigenvalue weighted by molar-refractivity contribution is 0.357. The smallest absolute Gasteiger partial charge is 0.0544 e. The van der Waals surface area contributed by atoms with Gasteiger partial charge in [0.1, 0.15) is 0 Å². The maximum atomic E-state index is 4.62. The molecule has 1 aromatic heterocycles. The number of rotatable bonds is 6. The van der Waals surface area contributed by atoms with Crippen molar-refractivity contribution in [2.24, 2.45) is 0 Å². The van der Waals surface area contributed by atoms with Gasteiger partial charge in [-0.05, 0) is 60.5 Å². The molecule has 134 valence electrons. The first-order valence-corrected chi connectivity index (χ1v) is 13.0. The average Bonchev–Trinajstić information content (AvgIpc) is 3.06. The molecule has 0 saturated carbocycles. The molecule has 2 aliphatic rings. The highest BCUT2D eigenvalue weighted by molar-refractivity contribution is 7.60. The van der Waals surface area contributed by atoms with Gasteiger partial charge in [0, 0.05) is 25.3 Å². The van der Waals surface area contributed by atoms with Crippen LogP contribution < -0.4 is 0 Å². The van der Waals surface area contributed by atoms with Gasteiger partial charge in [-0.3, -0.25) is 9.88 Å². The van der Waals surface area contributed by atoms with E-state index in [0.717, 1.165) is 29.2 Å². The molecule has 0 N–H and O–H groups in total. The highest BCUT2D eigenvalue weighted by atomic mass is 31.1. The third-order valence-electron chi connectivity index (χ3n) is 6.11. The van der Waals surface area contributed by atoms with Crippen molar-refractivity contribution in [1.82, 2.24) is 9.88 Å². The Balaban J connectivity index is 1.70. The molecular weight excluding hydrogens is 330 g/mol. The predicted molar refractivity (Wildman–Crippen MR) is 110 cm³/mol. The second-order valence-corrected chi connectivity index (χ2v) is 14.2. The van der Waals surface area contributed by atoms with E-state index in [-0.39, 0.29) is 15.8 Å². The van der Waals surface area contributed by atoms with E-state index >= 15 is 0 Å². The molecule has 24 heavy (non-hydrogen) atoms. The van der Waals surface area contributed by atoms with Crippen molar-refractivity contribution in [3.05, 3.63) is 30.1 Å². The van der Waals surface area contributed by atoms with Crippen LogP contribution in [0.15, 0.2) is 24.4 Å². The summed E-state index contributed by atoms with van der Waals surface area (Å²) in [5.74, 6) is 0. The van der Waals surface area contributed by atoms with Gasteiger partial charge in [-0.1, -0.05) is 49.6 Å². The van der Waals surface area contributed by atoms with Gasteiger partial charge in [0.25, 0.3) is 0 Å². The SMILES string of the molecule is C[C@@H]1CC[C@@H](C)P1CN(Cc1ccccn1)CP1[C@H](C)CC[C@H]1C. The molecule has 2 fully saturated rings. The molecule has 2 aliphatic heterocycles. The minimum absolute atomic E-state index is 0.157. The molecule has 0 bridgehead atoms. The molecule has 0 spiro atoms. The van der Waals surface area contributed by atoms with Crippen molar-refractivity contribution in [3.63, 3.8) is 0 Å². The van der Waals surface area contributed by atoms with Crippen LogP contribution in [-0.2, 0) is 6.54 Å². The zero-order chi connectivity index (χ0) is 17.1. The molecule has 0 aliphatic carbocycles. The Morgan fingerprint density at radius 3 is 1.79 bits per heavy atom. The quantitative estimate of drug-likeness (QED) is 0.584. The Labute approximate surface area is 151 Å². The van der Waals surface area contributed by atoms with Gasteiger partial charge in [-0.2, -0.15) is 0 Å². The van der Waals surface area contributed by atoms with E-state index in [4.69, 9.17) is 0 Å². The first-order valence-electron chi connectivity index (χ1n) is 9.68. The number of pyridine rings is 1. The van der Waals surface area contributed by atoms with Crippen molar-refractivity contribution in [3.8, 4) is 0 Å². The van der Waals surface area contributed by atoms with Gasteiger partial charge < -0.3 is 0 Å². The van der Waals surface area contributed by atoms with Gasteiger partial charge >= 0.3 is 0 Å². The molecule has 1 aromatic rings. The van der Waals surface area contributed by atoms with Crippen LogP contribution >= 0.6 is 15.8 Å². The van der Waals surface area contributed by atoms with E-state index in [1.165, 1.54) is 43.9 Å². The Morgan fingerprint density at radius 1 is 0.875 bits per heavy atom. The molecule has 3 rings (SSSR count). The third kappa shape index (κ3) is 4.57. The van der Waals surface area contributed by atoms with E-state index in [9.17, 15) is 0 Å². The molecule has 0 amide bonds. The van der Waals surface area contributed by atoms with E-state index in [0.29, 0.717) is 0 Å². The molecule has 4 heteroatoms. The molecule has 2 saturated heterocycles.